The molecule has 3 aromatic rings. The van der Waals surface area contributed by atoms with Gasteiger partial charge in [0.2, 0.25) is 0 Å². The van der Waals surface area contributed by atoms with Crippen LogP contribution in [-0.2, 0) is 17.8 Å². The van der Waals surface area contributed by atoms with E-state index in [2.05, 4.69) is 10.2 Å². The van der Waals surface area contributed by atoms with Gasteiger partial charge in [-0.1, -0.05) is 35.9 Å². The van der Waals surface area contributed by atoms with Gasteiger partial charge in [0.05, 0.1) is 12.8 Å². The zero-order chi connectivity index (χ0) is 19.5. The predicted octanol–water partition coefficient (Wildman–Crippen LogP) is 3.70. The third-order valence-electron chi connectivity index (χ3n) is 4.82. The van der Waals surface area contributed by atoms with Crippen molar-refractivity contribution in [3.63, 3.8) is 0 Å². The van der Waals surface area contributed by atoms with Crippen molar-refractivity contribution >= 4 is 17.5 Å². The van der Waals surface area contributed by atoms with Crippen LogP contribution in [0.1, 0.15) is 11.3 Å². The third-order valence-corrected chi connectivity index (χ3v) is 5.08. The number of nitrogens with one attached hydrogen (secondary N) is 1. The molecule has 4 rings (SSSR count). The molecule has 7 heteroatoms. The molecule has 1 N–H and O–H groups in total. The van der Waals surface area contributed by atoms with Gasteiger partial charge >= 0.3 is 0 Å². The highest BCUT2D eigenvalue weighted by molar-refractivity contribution is 6.30. The van der Waals surface area contributed by atoms with Gasteiger partial charge in [-0.05, 0) is 24.3 Å². The third kappa shape index (κ3) is 3.68. The summed E-state index contributed by atoms with van der Waals surface area (Å²) in [6.07, 6.45) is 0.732. The van der Waals surface area contributed by atoms with Crippen molar-refractivity contribution in [2.45, 2.75) is 13.0 Å². The molecular formula is C21H20ClN3O3. The Balaban J connectivity index is 1.47. The number of hydrogen-bond acceptors (Lipinski definition) is 4. The number of ether oxygens (including phenoxy) is 2. The molecule has 1 amide bonds. The van der Waals surface area contributed by atoms with Crippen LogP contribution in [-0.4, -0.2) is 41.3 Å². The Morgan fingerprint density at radius 2 is 1.93 bits per heavy atom. The van der Waals surface area contributed by atoms with Gasteiger partial charge in [-0.15, -0.1) is 0 Å². The van der Waals surface area contributed by atoms with E-state index in [1.165, 1.54) is 0 Å². The van der Waals surface area contributed by atoms with Crippen LogP contribution in [0.25, 0.3) is 11.3 Å². The first-order valence-electron chi connectivity index (χ1n) is 9.01. The van der Waals surface area contributed by atoms with Gasteiger partial charge < -0.3 is 14.4 Å². The fraction of sp³-hybridized carbons (Fsp3) is 0.238. The molecule has 0 atom stereocenters. The SMILES string of the molecule is COc1ccccc1OCC(=O)N1CCc2[nH]nc(-c3ccc(Cl)cc3)c2C1. The number of carbonyl (C=O) groups is 1. The molecule has 2 aromatic carbocycles. The van der Waals surface area contributed by atoms with Gasteiger partial charge in [0.1, 0.15) is 0 Å². The number of aromatic amines is 1. The monoisotopic (exact) mass is 397 g/mol. The highest BCUT2D eigenvalue weighted by Crippen LogP contribution is 2.30. The Kier molecular flexibility index (Phi) is 5.21. The Labute approximate surface area is 168 Å². The molecule has 0 saturated heterocycles. The summed E-state index contributed by atoms with van der Waals surface area (Å²) in [5.74, 6) is 1.09. The fourth-order valence-corrected chi connectivity index (χ4v) is 3.45. The Bertz CT molecular complexity index is 985. The first-order valence-corrected chi connectivity index (χ1v) is 9.39. The molecule has 0 bridgehead atoms. The first kappa shape index (κ1) is 18.4. The average molecular weight is 398 g/mol. The van der Waals surface area contributed by atoms with Gasteiger partial charge in [-0.2, -0.15) is 5.10 Å². The van der Waals surface area contributed by atoms with Crippen LogP contribution >= 0.6 is 11.6 Å². The van der Waals surface area contributed by atoms with Crippen molar-refractivity contribution < 1.29 is 14.3 Å². The standard InChI is InChI=1S/C21H20ClN3O3/c1-27-18-4-2-3-5-19(18)28-13-20(26)25-11-10-17-16(12-25)21(24-23-17)14-6-8-15(22)9-7-14/h2-9H,10-13H2,1H3,(H,23,24). The molecule has 0 saturated carbocycles. The van der Waals surface area contributed by atoms with E-state index in [0.29, 0.717) is 29.6 Å². The molecule has 28 heavy (non-hydrogen) atoms. The minimum Gasteiger partial charge on any atom is -0.493 e. The van der Waals surface area contributed by atoms with Crippen LogP contribution < -0.4 is 9.47 Å². The maximum atomic E-state index is 12.7. The Morgan fingerprint density at radius 1 is 1.18 bits per heavy atom. The first-order chi connectivity index (χ1) is 13.7. The van der Waals surface area contributed by atoms with E-state index >= 15 is 0 Å². The smallest absolute Gasteiger partial charge is 0.260 e. The van der Waals surface area contributed by atoms with Crippen LogP contribution in [0.3, 0.4) is 0 Å². The Morgan fingerprint density at radius 3 is 2.68 bits per heavy atom. The summed E-state index contributed by atoms with van der Waals surface area (Å²) >= 11 is 5.98. The van der Waals surface area contributed by atoms with E-state index in [4.69, 9.17) is 21.1 Å². The number of fused-ring (bicyclic) bond motifs is 1. The summed E-state index contributed by atoms with van der Waals surface area (Å²) in [6, 6.07) is 14.8. The molecule has 0 spiro atoms. The largest absolute Gasteiger partial charge is 0.493 e. The number of benzene rings is 2. The Hall–Kier alpha value is -2.99. The molecule has 2 heterocycles. The second-order valence-corrected chi connectivity index (χ2v) is 6.98. The molecule has 0 aliphatic carbocycles. The number of halogens is 1. The van der Waals surface area contributed by atoms with E-state index in [-0.39, 0.29) is 12.5 Å². The summed E-state index contributed by atoms with van der Waals surface area (Å²) < 4.78 is 10.9. The van der Waals surface area contributed by atoms with Crippen LogP contribution in [0.5, 0.6) is 11.5 Å². The van der Waals surface area contributed by atoms with Gasteiger partial charge in [0.25, 0.3) is 5.91 Å². The lowest BCUT2D eigenvalue weighted by Gasteiger charge is -2.27. The van der Waals surface area contributed by atoms with Crippen molar-refractivity contribution in [1.29, 1.82) is 0 Å². The normalized spacial score (nSPS) is 13.1. The van der Waals surface area contributed by atoms with E-state index in [0.717, 1.165) is 28.9 Å². The molecule has 6 nitrogen and oxygen atoms in total. The number of nitrogens with zero attached hydrogens (tertiary/aromatic N) is 2. The molecule has 1 aliphatic heterocycles. The van der Waals surface area contributed by atoms with Gasteiger partial charge in [0.15, 0.2) is 18.1 Å². The lowest BCUT2D eigenvalue weighted by atomic mass is 10.0. The van der Waals surface area contributed by atoms with E-state index < -0.39 is 0 Å². The maximum Gasteiger partial charge on any atom is 0.260 e. The molecular weight excluding hydrogens is 378 g/mol. The molecule has 0 radical (unpaired) electrons. The van der Waals surface area contributed by atoms with Crippen molar-refractivity contribution in [1.82, 2.24) is 15.1 Å². The molecule has 1 aliphatic rings. The number of para-hydroxylation sites is 2. The van der Waals surface area contributed by atoms with Crippen LogP contribution in [0, 0.1) is 0 Å². The van der Waals surface area contributed by atoms with Crippen LogP contribution in [0.2, 0.25) is 5.02 Å². The highest BCUT2D eigenvalue weighted by atomic mass is 35.5. The lowest BCUT2D eigenvalue weighted by Crippen LogP contribution is -2.38. The van der Waals surface area contributed by atoms with Gasteiger partial charge in [-0.25, -0.2) is 0 Å². The van der Waals surface area contributed by atoms with E-state index in [9.17, 15) is 4.79 Å². The molecule has 144 valence electrons. The van der Waals surface area contributed by atoms with Gasteiger partial charge in [-0.3, -0.25) is 9.89 Å². The zero-order valence-corrected chi connectivity index (χ0v) is 16.2. The summed E-state index contributed by atoms with van der Waals surface area (Å²) in [5.41, 5.74) is 3.94. The lowest BCUT2D eigenvalue weighted by molar-refractivity contribution is -0.134. The molecule has 1 aromatic heterocycles. The molecule has 0 fully saturated rings. The number of rotatable bonds is 5. The number of methoxy groups -OCH3 is 1. The number of aromatic nitrogens is 2. The number of carbonyl (C=O) groups excluding carboxylic acids is 1. The van der Waals surface area contributed by atoms with Crippen molar-refractivity contribution in [2.75, 3.05) is 20.3 Å². The van der Waals surface area contributed by atoms with Crippen LogP contribution in [0.4, 0.5) is 0 Å². The fourth-order valence-electron chi connectivity index (χ4n) is 3.32. The number of H-pyrrole nitrogens is 1. The van der Waals surface area contributed by atoms with Crippen LogP contribution in [0.15, 0.2) is 48.5 Å². The van der Waals surface area contributed by atoms with Crippen molar-refractivity contribution in [3.05, 3.63) is 64.8 Å². The minimum absolute atomic E-state index is 0.0379. The maximum absolute atomic E-state index is 12.7. The predicted molar refractivity (Wildman–Crippen MR) is 107 cm³/mol. The number of amides is 1. The van der Waals surface area contributed by atoms with E-state index in [1.807, 2.05) is 36.4 Å². The number of hydrogen-bond donors (Lipinski definition) is 1. The second kappa shape index (κ2) is 7.94. The quantitative estimate of drug-likeness (QED) is 0.712. The summed E-state index contributed by atoms with van der Waals surface area (Å²) in [4.78, 5) is 14.5. The van der Waals surface area contributed by atoms with Gasteiger partial charge in [0, 0.05) is 41.4 Å². The highest BCUT2D eigenvalue weighted by Gasteiger charge is 2.26. The van der Waals surface area contributed by atoms with E-state index in [1.54, 1.807) is 24.1 Å². The minimum atomic E-state index is -0.0696. The second-order valence-electron chi connectivity index (χ2n) is 6.54. The summed E-state index contributed by atoms with van der Waals surface area (Å²) in [6.45, 7) is 1.09. The summed E-state index contributed by atoms with van der Waals surface area (Å²) in [5, 5.41) is 8.24. The molecule has 0 unspecified atom stereocenters. The summed E-state index contributed by atoms with van der Waals surface area (Å²) in [7, 11) is 1.58. The topological polar surface area (TPSA) is 67.5 Å². The van der Waals surface area contributed by atoms with Crippen molar-refractivity contribution in [3.8, 4) is 22.8 Å². The zero-order valence-electron chi connectivity index (χ0n) is 15.4. The average Bonchev–Trinajstić information content (AvgIpc) is 3.16. The van der Waals surface area contributed by atoms with Crippen molar-refractivity contribution in [2.24, 2.45) is 0 Å².